The summed E-state index contributed by atoms with van der Waals surface area (Å²) in [5.41, 5.74) is 0.679. The molecular weight excluding hydrogens is 226 g/mol. The van der Waals surface area contributed by atoms with Crippen molar-refractivity contribution < 1.29 is 4.92 Å². The Morgan fingerprint density at radius 3 is 2.69 bits per heavy atom. The molecule has 1 aliphatic heterocycles. The predicted octanol–water partition coefficient (Wildman–Crippen LogP) is 2.67. The van der Waals surface area contributed by atoms with Crippen molar-refractivity contribution in [3.8, 4) is 0 Å². The van der Waals surface area contributed by atoms with E-state index in [2.05, 4.69) is 9.03 Å². The minimum atomic E-state index is -0.368. The van der Waals surface area contributed by atoms with Gasteiger partial charge < -0.3 is 4.72 Å². The Morgan fingerprint density at radius 1 is 1.31 bits per heavy atom. The van der Waals surface area contributed by atoms with Crippen LogP contribution in [0.15, 0.2) is 24.3 Å². The van der Waals surface area contributed by atoms with Crippen LogP contribution in [0.3, 0.4) is 0 Å². The maximum Gasteiger partial charge on any atom is 0.293 e. The molecule has 0 aliphatic carbocycles. The molecule has 0 atom stereocenters. The summed E-state index contributed by atoms with van der Waals surface area (Å²) < 4.78 is 5.21. The van der Waals surface area contributed by atoms with Crippen molar-refractivity contribution in [2.45, 2.75) is 12.8 Å². The second-order valence-corrected chi connectivity index (χ2v) is 4.51. The molecule has 6 heteroatoms. The third-order valence-electron chi connectivity index (χ3n) is 2.45. The number of nitrogens with one attached hydrogen (secondary N) is 1. The van der Waals surface area contributed by atoms with Crippen LogP contribution in [0.5, 0.6) is 0 Å². The maximum atomic E-state index is 10.8. The summed E-state index contributed by atoms with van der Waals surface area (Å²) in [5, 5.41) is 10.8. The first-order valence-corrected chi connectivity index (χ1v) is 5.96. The molecule has 1 N–H and O–H groups in total. The van der Waals surface area contributed by atoms with Crippen molar-refractivity contribution in [2.75, 3.05) is 17.8 Å². The van der Waals surface area contributed by atoms with Crippen molar-refractivity contribution >= 4 is 23.5 Å². The SMILES string of the molecule is O=[N+]([O-])c1ccccc1NSN1CCCC1. The predicted molar refractivity (Wildman–Crippen MR) is 65.1 cm³/mol. The van der Waals surface area contributed by atoms with Gasteiger partial charge in [-0.15, -0.1) is 0 Å². The van der Waals surface area contributed by atoms with Gasteiger partial charge in [0.05, 0.1) is 4.92 Å². The first-order chi connectivity index (χ1) is 7.77. The van der Waals surface area contributed by atoms with Gasteiger partial charge >= 0.3 is 0 Å². The van der Waals surface area contributed by atoms with E-state index < -0.39 is 0 Å². The first kappa shape index (κ1) is 11.2. The molecule has 1 aromatic carbocycles. The van der Waals surface area contributed by atoms with Gasteiger partial charge in [0.15, 0.2) is 0 Å². The zero-order valence-electron chi connectivity index (χ0n) is 8.76. The lowest BCUT2D eigenvalue weighted by atomic mass is 10.3. The van der Waals surface area contributed by atoms with Gasteiger partial charge in [-0.25, -0.2) is 4.31 Å². The Balaban J connectivity index is 2.00. The summed E-state index contributed by atoms with van der Waals surface area (Å²) in [6.45, 7) is 2.08. The van der Waals surface area contributed by atoms with Crippen LogP contribution in [-0.4, -0.2) is 22.3 Å². The fourth-order valence-electron chi connectivity index (χ4n) is 1.61. The Labute approximate surface area is 98.2 Å². The molecule has 1 heterocycles. The fourth-order valence-corrected chi connectivity index (χ4v) is 2.45. The standard InChI is InChI=1S/C10H13N3O2S/c14-13(15)10-6-2-1-5-9(10)11-16-12-7-3-4-8-12/h1-2,5-6,11H,3-4,7-8H2. The first-order valence-electron chi connectivity index (χ1n) is 5.19. The van der Waals surface area contributed by atoms with E-state index in [1.807, 2.05) is 0 Å². The van der Waals surface area contributed by atoms with Crippen LogP contribution in [0.1, 0.15) is 12.8 Å². The molecule has 0 aromatic heterocycles. The smallest absolute Gasteiger partial charge is 0.293 e. The summed E-state index contributed by atoms with van der Waals surface area (Å²) in [5.74, 6) is 0. The van der Waals surface area contributed by atoms with E-state index in [9.17, 15) is 10.1 Å². The van der Waals surface area contributed by atoms with Crippen LogP contribution < -0.4 is 4.72 Å². The lowest BCUT2D eigenvalue weighted by Crippen LogP contribution is -2.12. The number of benzene rings is 1. The van der Waals surface area contributed by atoms with Crippen molar-refractivity contribution in [1.82, 2.24) is 4.31 Å². The average molecular weight is 239 g/mol. The number of rotatable bonds is 4. The average Bonchev–Trinajstić information content (AvgIpc) is 2.79. The molecule has 1 aliphatic rings. The summed E-state index contributed by atoms with van der Waals surface area (Å²) in [6, 6.07) is 6.69. The van der Waals surface area contributed by atoms with Crippen LogP contribution in [0, 0.1) is 10.1 Å². The Morgan fingerprint density at radius 2 is 2.00 bits per heavy atom. The second-order valence-electron chi connectivity index (χ2n) is 3.60. The largest absolute Gasteiger partial charge is 0.311 e. The van der Waals surface area contributed by atoms with Crippen molar-refractivity contribution in [1.29, 1.82) is 0 Å². The molecule has 0 radical (unpaired) electrons. The fraction of sp³-hybridized carbons (Fsp3) is 0.400. The minimum Gasteiger partial charge on any atom is -0.311 e. The van der Waals surface area contributed by atoms with Crippen molar-refractivity contribution in [3.05, 3.63) is 34.4 Å². The molecule has 1 fully saturated rings. The number of nitro benzene ring substituents is 1. The monoisotopic (exact) mass is 239 g/mol. The zero-order chi connectivity index (χ0) is 11.4. The number of hydrogen-bond acceptors (Lipinski definition) is 5. The van der Waals surface area contributed by atoms with Gasteiger partial charge in [0.2, 0.25) is 0 Å². The Kier molecular flexibility index (Phi) is 3.63. The number of hydrogen-bond donors (Lipinski definition) is 1. The minimum absolute atomic E-state index is 0.120. The molecule has 0 spiro atoms. The molecule has 5 nitrogen and oxygen atoms in total. The Hall–Kier alpha value is -1.27. The lowest BCUT2D eigenvalue weighted by Gasteiger charge is -2.13. The van der Waals surface area contributed by atoms with E-state index in [4.69, 9.17) is 0 Å². The van der Waals surface area contributed by atoms with Crippen LogP contribution >= 0.6 is 12.1 Å². The molecule has 86 valence electrons. The summed E-state index contributed by atoms with van der Waals surface area (Å²) in [4.78, 5) is 10.4. The summed E-state index contributed by atoms with van der Waals surface area (Å²) >= 11 is 1.45. The molecule has 0 unspecified atom stereocenters. The van der Waals surface area contributed by atoms with Gasteiger partial charge in [0.1, 0.15) is 5.69 Å². The van der Waals surface area contributed by atoms with Gasteiger partial charge in [0, 0.05) is 31.3 Å². The highest BCUT2D eigenvalue weighted by atomic mass is 32.2. The zero-order valence-corrected chi connectivity index (χ0v) is 9.57. The lowest BCUT2D eigenvalue weighted by molar-refractivity contribution is -0.383. The molecule has 0 bridgehead atoms. The van der Waals surface area contributed by atoms with Crippen LogP contribution in [0.2, 0.25) is 0 Å². The molecule has 0 saturated carbocycles. The normalized spacial score (nSPS) is 16.2. The van der Waals surface area contributed by atoms with Gasteiger partial charge in [0.25, 0.3) is 5.69 Å². The summed E-state index contributed by atoms with van der Waals surface area (Å²) in [6.07, 6.45) is 2.40. The molecule has 16 heavy (non-hydrogen) atoms. The van der Waals surface area contributed by atoms with Crippen LogP contribution in [0.25, 0.3) is 0 Å². The number of nitro groups is 1. The van der Waals surface area contributed by atoms with E-state index in [0.717, 1.165) is 13.1 Å². The molecule has 1 aromatic rings. The second kappa shape index (κ2) is 5.18. The number of anilines is 1. The third kappa shape index (κ3) is 2.65. The van der Waals surface area contributed by atoms with Crippen LogP contribution in [0.4, 0.5) is 11.4 Å². The molecule has 1 saturated heterocycles. The van der Waals surface area contributed by atoms with E-state index in [-0.39, 0.29) is 10.6 Å². The van der Waals surface area contributed by atoms with Crippen LogP contribution in [-0.2, 0) is 0 Å². The highest BCUT2D eigenvalue weighted by molar-refractivity contribution is 7.98. The Bertz CT molecular complexity index is 380. The highest BCUT2D eigenvalue weighted by Crippen LogP contribution is 2.28. The topological polar surface area (TPSA) is 58.4 Å². The quantitative estimate of drug-likeness (QED) is 0.497. The summed E-state index contributed by atoms with van der Waals surface area (Å²) in [7, 11) is 0. The molecule has 2 rings (SSSR count). The van der Waals surface area contributed by atoms with Gasteiger partial charge in [-0.2, -0.15) is 0 Å². The maximum absolute atomic E-state index is 10.8. The van der Waals surface area contributed by atoms with E-state index in [1.54, 1.807) is 18.2 Å². The van der Waals surface area contributed by atoms with E-state index >= 15 is 0 Å². The molecule has 0 amide bonds. The van der Waals surface area contributed by atoms with Gasteiger partial charge in [-0.1, -0.05) is 12.1 Å². The number of para-hydroxylation sites is 2. The number of nitrogens with zero attached hydrogens (tertiary/aromatic N) is 2. The van der Waals surface area contributed by atoms with Gasteiger partial charge in [-0.3, -0.25) is 10.1 Å². The van der Waals surface area contributed by atoms with Crippen molar-refractivity contribution in [2.24, 2.45) is 0 Å². The van der Waals surface area contributed by atoms with E-state index in [1.165, 1.54) is 31.0 Å². The van der Waals surface area contributed by atoms with Gasteiger partial charge in [-0.05, 0) is 18.9 Å². The third-order valence-corrected chi connectivity index (χ3v) is 3.39. The highest BCUT2D eigenvalue weighted by Gasteiger charge is 2.15. The van der Waals surface area contributed by atoms with Crippen molar-refractivity contribution in [3.63, 3.8) is 0 Å². The van der Waals surface area contributed by atoms with E-state index in [0.29, 0.717) is 5.69 Å². The molecular formula is C10H13N3O2S.